The number of ether oxygens (including phenoxy) is 1. The first kappa shape index (κ1) is 14.0. The Hall–Kier alpha value is -1.04. The van der Waals surface area contributed by atoms with Crippen molar-refractivity contribution in [1.82, 2.24) is 4.90 Å². The van der Waals surface area contributed by atoms with Gasteiger partial charge >= 0.3 is 6.18 Å². The molecule has 0 radical (unpaired) electrons. The zero-order chi connectivity index (χ0) is 13.3. The predicted molar refractivity (Wildman–Crippen MR) is 56.4 cm³/mol. The number of carbonyl (C=O) groups excluding carboxylic acids is 1. The van der Waals surface area contributed by atoms with Gasteiger partial charge in [-0.05, 0) is 19.8 Å². The van der Waals surface area contributed by atoms with E-state index in [1.54, 1.807) is 19.0 Å². The standard InChI is InChI=1S/C11H16F3NO2/c1-4-17-10(11(12,13)14)6-5-8(9(10)16)7-15(2)3/h7H,4-6H2,1-3H3. The lowest BCUT2D eigenvalue weighted by Crippen LogP contribution is -2.51. The van der Waals surface area contributed by atoms with Crippen molar-refractivity contribution >= 4 is 5.78 Å². The second-order valence-electron chi connectivity index (χ2n) is 4.20. The van der Waals surface area contributed by atoms with E-state index in [0.717, 1.165) is 0 Å². The van der Waals surface area contributed by atoms with Crippen molar-refractivity contribution in [2.45, 2.75) is 31.5 Å². The Balaban J connectivity index is 3.09. The van der Waals surface area contributed by atoms with Crippen LogP contribution in [0.3, 0.4) is 0 Å². The van der Waals surface area contributed by atoms with Gasteiger partial charge in [-0.1, -0.05) is 0 Å². The van der Waals surface area contributed by atoms with Crippen molar-refractivity contribution in [2.75, 3.05) is 20.7 Å². The second-order valence-corrected chi connectivity index (χ2v) is 4.20. The maximum atomic E-state index is 13.0. The van der Waals surface area contributed by atoms with Gasteiger partial charge in [-0.15, -0.1) is 0 Å². The van der Waals surface area contributed by atoms with Crippen molar-refractivity contribution in [2.24, 2.45) is 0 Å². The Bertz CT molecular complexity index is 336. The zero-order valence-corrected chi connectivity index (χ0v) is 10.1. The maximum absolute atomic E-state index is 13.0. The van der Waals surface area contributed by atoms with Crippen LogP contribution in [0.1, 0.15) is 19.8 Å². The van der Waals surface area contributed by atoms with Gasteiger partial charge in [0, 0.05) is 32.5 Å². The molecule has 6 heteroatoms. The fourth-order valence-corrected chi connectivity index (χ4v) is 1.97. The average Bonchev–Trinajstić information content (AvgIpc) is 2.46. The number of ketones is 1. The average molecular weight is 251 g/mol. The van der Waals surface area contributed by atoms with Crippen LogP contribution < -0.4 is 0 Å². The minimum absolute atomic E-state index is 0.0938. The molecule has 1 rings (SSSR count). The number of nitrogens with zero attached hydrogens (tertiary/aromatic N) is 1. The minimum atomic E-state index is -4.66. The smallest absolute Gasteiger partial charge is 0.383 e. The van der Waals surface area contributed by atoms with Gasteiger partial charge in [0.2, 0.25) is 11.4 Å². The SMILES string of the molecule is CCOC1(C(F)(F)F)CCC(=CN(C)C)C1=O. The monoisotopic (exact) mass is 251 g/mol. The molecule has 1 aliphatic rings. The highest BCUT2D eigenvalue weighted by atomic mass is 19.4. The van der Waals surface area contributed by atoms with Crippen LogP contribution in [-0.4, -0.2) is 43.2 Å². The Morgan fingerprint density at radius 3 is 2.47 bits per heavy atom. The van der Waals surface area contributed by atoms with E-state index in [-0.39, 0.29) is 25.0 Å². The summed E-state index contributed by atoms with van der Waals surface area (Å²) in [7, 11) is 3.32. The lowest BCUT2D eigenvalue weighted by Gasteiger charge is -2.29. The van der Waals surface area contributed by atoms with Crippen LogP contribution in [0.2, 0.25) is 0 Å². The van der Waals surface area contributed by atoms with E-state index in [2.05, 4.69) is 0 Å². The Morgan fingerprint density at radius 2 is 2.06 bits per heavy atom. The van der Waals surface area contributed by atoms with Crippen LogP contribution in [0.4, 0.5) is 13.2 Å². The number of alkyl halides is 3. The van der Waals surface area contributed by atoms with E-state index in [1.807, 2.05) is 0 Å². The third-order valence-electron chi connectivity index (χ3n) is 2.67. The van der Waals surface area contributed by atoms with Crippen LogP contribution >= 0.6 is 0 Å². The Kier molecular flexibility index (Phi) is 3.86. The quantitative estimate of drug-likeness (QED) is 0.720. The molecule has 1 unspecified atom stereocenters. The van der Waals surface area contributed by atoms with Crippen molar-refractivity contribution in [3.63, 3.8) is 0 Å². The third kappa shape index (κ3) is 2.46. The molecule has 3 nitrogen and oxygen atoms in total. The highest BCUT2D eigenvalue weighted by Gasteiger charge is 2.64. The minimum Gasteiger partial charge on any atom is -0.383 e. The summed E-state index contributed by atoms with van der Waals surface area (Å²) in [6.07, 6.45) is -3.48. The number of halogens is 3. The van der Waals surface area contributed by atoms with Gasteiger partial charge in [-0.3, -0.25) is 4.79 Å². The van der Waals surface area contributed by atoms with E-state index in [4.69, 9.17) is 4.74 Å². The molecule has 1 saturated carbocycles. The molecule has 0 spiro atoms. The van der Waals surface area contributed by atoms with Crippen LogP contribution in [0.5, 0.6) is 0 Å². The van der Waals surface area contributed by atoms with E-state index < -0.39 is 17.6 Å². The summed E-state index contributed by atoms with van der Waals surface area (Å²) in [6, 6.07) is 0. The summed E-state index contributed by atoms with van der Waals surface area (Å²) in [5, 5.41) is 0. The molecular formula is C11H16F3NO2. The van der Waals surface area contributed by atoms with Crippen molar-refractivity contribution in [3.05, 3.63) is 11.8 Å². The maximum Gasteiger partial charge on any atom is 0.425 e. The van der Waals surface area contributed by atoms with E-state index in [1.165, 1.54) is 13.1 Å². The first-order valence-electron chi connectivity index (χ1n) is 5.37. The topological polar surface area (TPSA) is 29.5 Å². The zero-order valence-electron chi connectivity index (χ0n) is 10.1. The third-order valence-corrected chi connectivity index (χ3v) is 2.67. The number of hydrogen-bond acceptors (Lipinski definition) is 3. The van der Waals surface area contributed by atoms with E-state index >= 15 is 0 Å². The van der Waals surface area contributed by atoms with Gasteiger partial charge < -0.3 is 9.64 Å². The second kappa shape index (κ2) is 4.68. The van der Waals surface area contributed by atoms with Crippen LogP contribution in [-0.2, 0) is 9.53 Å². The summed E-state index contributed by atoms with van der Waals surface area (Å²) in [4.78, 5) is 13.4. The molecule has 0 aliphatic heterocycles. The van der Waals surface area contributed by atoms with Gasteiger partial charge in [-0.25, -0.2) is 0 Å². The summed E-state index contributed by atoms with van der Waals surface area (Å²) >= 11 is 0. The summed E-state index contributed by atoms with van der Waals surface area (Å²) in [5.74, 6) is -0.958. The van der Waals surface area contributed by atoms with Crippen LogP contribution in [0.25, 0.3) is 0 Å². The van der Waals surface area contributed by atoms with Crippen LogP contribution in [0.15, 0.2) is 11.8 Å². The number of Topliss-reactive ketones (excluding diaryl/α,β-unsaturated/α-hetero) is 1. The van der Waals surface area contributed by atoms with E-state index in [0.29, 0.717) is 0 Å². The van der Waals surface area contributed by atoms with Gasteiger partial charge in [0.15, 0.2) is 0 Å². The molecule has 1 atom stereocenters. The molecule has 98 valence electrons. The fraction of sp³-hybridized carbons (Fsp3) is 0.727. The van der Waals surface area contributed by atoms with Gasteiger partial charge in [0.05, 0.1) is 0 Å². The van der Waals surface area contributed by atoms with Gasteiger partial charge in [0.25, 0.3) is 0 Å². The number of hydrogen-bond donors (Lipinski definition) is 0. The molecular weight excluding hydrogens is 235 g/mol. The molecule has 0 aromatic rings. The highest BCUT2D eigenvalue weighted by molar-refractivity contribution is 6.04. The summed E-state index contributed by atoms with van der Waals surface area (Å²) < 4.78 is 43.7. The predicted octanol–water partition coefficient (Wildman–Crippen LogP) is 2.13. The van der Waals surface area contributed by atoms with Gasteiger partial charge in [-0.2, -0.15) is 13.2 Å². The fourth-order valence-electron chi connectivity index (χ4n) is 1.97. The molecule has 0 heterocycles. The molecule has 0 saturated heterocycles. The molecule has 0 aromatic carbocycles. The number of rotatable bonds is 3. The summed E-state index contributed by atoms with van der Waals surface area (Å²) in [6.45, 7) is 1.31. The normalized spacial score (nSPS) is 27.9. The lowest BCUT2D eigenvalue weighted by atomic mass is 9.99. The first-order chi connectivity index (χ1) is 7.74. The first-order valence-corrected chi connectivity index (χ1v) is 5.37. The Morgan fingerprint density at radius 1 is 1.47 bits per heavy atom. The highest BCUT2D eigenvalue weighted by Crippen LogP contribution is 2.45. The van der Waals surface area contributed by atoms with Gasteiger partial charge in [0.1, 0.15) is 0 Å². The molecule has 0 amide bonds. The van der Waals surface area contributed by atoms with Crippen molar-refractivity contribution < 1.29 is 22.7 Å². The van der Waals surface area contributed by atoms with Crippen molar-refractivity contribution in [1.29, 1.82) is 0 Å². The molecule has 1 fully saturated rings. The van der Waals surface area contributed by atoms with E-state index in [9.17, 15) is 18.0 Å². The largest absolute Gasteiger partial charge is 0.425 e. The molecule has 0 N–H and O–H groups in total. The molecule has 17 heavy (non-hydrogen) atoms. The molecule has 0 aromatic heterocycles. The lowest BCUT2D eigenvalue weighted by molar-refractivity contribution is -0.261. The van der Waals surface area contributed by atoms with Crippen molar-refractivity contribution in [3.8, 4) is 0 Å². The molecule has 0 bridgehead atoms. The molecule has 1 aliphatic carbocycles. The summed E-state index contributed by atoms with van der Waals surface area (Å²) in [5.41, 5.74) is -2.47. The Labute approximate surface area is 98.2 Å². The number of carbonyl (C=O) groups is 1. The van der Waals surface area contributed by atoms with Crippen LogP contribution in [0, 0.1) is 0 Å².